The van der Waals surface area contributed by atoms with Gasteiger partial charge in [0.2, 0.25) is 0 Å². The zero-order valence-electron chi connectivity index (χ0n) is 9.96. The highest BCUT2D eigenvalue weighted by atomic mass is 32.2. The van der Waals surface area contributed by atoms with Crippen molar-refractivity contribution in [3.05, 3.63) is 42.0 Å². The summed E-state index contributed by atoms with van der Waals surface area (Å²) in [5.74, 6) is 6.88. The number of hydrogen-bond acceptors (Lipinski definition) is 6. The minimum absolute atomic E-state index is 0.643. The van der Waals surface area contributed by atoms with Gasteiger partial charge in [-0.05, 0) is 11.8 Å². The van der Waals surface area contributed by atoms with E-state index >= 15 is 0 Å². The molecule has 1 aromatic heterocycles. The van der Waals surface area contributed by atoms with Crippen molar-refractivity contribution >= 4 is 29.3 Å². The maximum Gasteiger partial charge on any atom is 0.190 e. The van der Waals surface area contributed by atoms with E-state index in [9.17, 15) is 0 Å². The molecule has 4 nitrogen and oxygen atoms in total. The van der Waals surface area contributed by atoms with Gasteiger partial charge in [-0.15, -0.1) is 11.8 Å². The Hall–Kier alpha value is -1.24. The summed E-state index contributed by atoms with van der Waals surface area (Å²) in [7, 11) is 0. The van der Waals surface area contributed by atoms with Gasteiger partial charge in [0.1, 0.15) is 10.8 Å². The van der Waals surface area contributed by atoms with Gasteiger partial charge in [0.05, 0.1) is 0 Å². The topological polar surface area (TPSA) is 63.8 Å². The number of hydrazine groups is 1. The highest BCUT2D eigenvalue weighted by Crippen LogP contribution is 2.23. The van der Waals surface area contributed by atoms with Crippen molar-refractivity contribution < 1.29 is 0 Å². The maximum absolute atomic E-state index is 5.39. The molecule has 0 atom stereocenters. The maximum atomic E-state index is 5.39. The van der Waals surface area contributed by atoms with Gasteiger partial charge in [0.15, 0.2) is 5.16 Å². The van der Waals surface area contributed by atoms with Crippen molar-refractivity contribution in [2.24, 2.45) is 5.84 Å². The third-order valence-corrected chi connectivity index (χ3v) is 3.80. The predicted octanol–water partition coefficient (Wildman–Crippen LogP) is 2.78. The molecule has 1 heterocycles. The Kier molecular flexibility index (Phi) is 4.86. The number of thioether (sulfide) groups is 2. The molecule has 0 aliphatic carbocycles. The first-order valence-corrected chi connectivity index (χ1v) is 7.59. The smallest absolute Gasteiger partial charge is 0.190 e. The molecule has 2 aromatic rings. The molecule has 0 saturated heterocycles. The van der Waals surface area contributed by atoms with E-state index in [1.54, 1.807) is 23.5 Å². The van der Waals surface area contributed by atoms with Crippen LogP contribution in [0.15, 0.2) is 46.6 Å². The highest BCUT2D eigenvalue weighted by molar-refractivity contribution is 7.99. The van der Waals surface area contributed by atoms with E-state index in [0.29, 0.717) is 5.82 Å². The van der Waals surface area contributed by atoms with Gasteiger partial charge in [-0.1, -0.05) is 42.1 Å². The molecule has 18 heavy (non-hydrogen) atoms. The molecule has 0 aliphatic heterocycles. The summed E-state index contributed by atoms with van der Waals surface area (Å²) in [4.78, 5) is 8.75. The third-order valence-electron chi connectivity index (χ3n) is 2.25. The molecule has 1 aromatic carbocycles. The van der Waals surface area contributed by atoms with Crippen LogP contribution in [0.25, 0.3) is 0 Å². The van der Waals surface area contributed by atoms with Crippen molar-refractivity contribution in [1.82, 2.24) is 9.97 Å². The summed E-state index contributed by atoms with van der Waals surface area (Å²) in [5, 5.41) is 1.65. The van der Waals surface area contributed by atoms with Crippen LogP contribution >= 0.6 is 23.5 Å². The minimum atomic E-state index is 0.643. The van der Waals surface area contributed by atoms with Crippen molar-refractivity contribution in [2.45, 2.75) is 15.9 Å². The fourth-order valence-electron chi connectivity index (χ4n) is 1.37. The van der Waals surface area contributed by atoms with Crippen molar-refractivity contribution in [3.63, 3.8) is 0 Å². The lowest BCUT2D eigenvalue weighted by Crippen LogP contribution is -2.09. The Morgan fingerprint density at radius 2 is 2.00 bits per heavy atom. The van der Waals surface area contributed by atoms with E-state index < -0.39 is 0 Å². The van der Waals surface area contributed by atoms with Gasteiger partial charge in [-0.3, -0.25) is 0 Å². The molecular weight excluding hydrogens is 264 g/mol. The Balaban J connectivity index is 2.09. The van der Waals surface area contributed by atoms with E-state index in [-0.39, 0.29) is 0 Å². The summed E-state index contributed by atoms with van der Waals surface area (Å²) < 4.78 is 0. The van der Waals surface area contributed by atoms with Gasteiger partial charge in [-0.25, -0.2) is 15.8 Å². The number of benzene rings is 1. The Labute approximate surface area is 115 Å². The van der Waals surface area contributed by atoms with E-state index in [1.165, 1.54) is 5.56 Å². The molecule has 0 aliphatic rings. The molecule has 0 fully saturated rings. The Morgan fingerprint density at radius 1 is 1.22 bits per heavy atom. The molecule has 0 bridgehead atoms. The molecule has 0 unspecified atom stereocenters. The van der Waals surface area contributed by atoms with Crippen molar-refractivity contribution in [3.8, 4) is 0 Å². The molecular formula is C12H14N4S2. The van der Waals surface area contributed by atoms with Crippen LogP contribution < -0.4 is 11.3 Å². The molecule has 0 amide bonds. The van der Waals surface area contributed by atoms with E-state index in [0.717, 1.165) is 15.9 Å². The number of aromatic nitrogens is 2. The summed E-state index contributed by atoms with van der Waals surface area (Å²) in [6, 6.07) is 12.1. The van der Waals surface area contributed by atoms with Gasteiger partial charge >= 0.3 is 0 Å². The highest BCUT2D eigenvalue weighted by Gasteiger charge is 2.04. The predicted molar refractivity (Wildman–Crippen MR) is 77.6 cm³/mol. The van der Waals surface area contributed by atoms with Gasteiger partial charge in [0, 0.05) is 11.8 Å². The third kappa shape index (κ3) is 3.63. The lowest BCUT2D eigenvalue weighted by Gasteiger charge is -2.05. The number of nitrogens with two attached hydrogens (primary N) is 1. The van der Waals surface area contributed by atoms with Crippen LogP contribution in [0.4, 0.5) is 5.82 Å². The lowest BCUT2D eigenvalue weighted by molar-refractivity contribution is 0.892. The standard InChI is InChI=1S/C12H14N4S2/c1-17-11-7-10(16-13)14-12(15-11)18-8-9-5-3-2-4-6-9/h2-7H,8,13H2,1H3,(H,14,15,16). The van der Waals surface area contributed by atoms with Gasteiger partial charge in [-0.2, -0.15) is 0 Å². The second-order valence-electron chi connectivity index (χ2n) is 3.50. The number of nitrogens with zero attached hydrogens (tertiary/aromatic N) is 2. The van der Waals surface area contributed by atoms with Crippen LogP contribution in [0, 0.1) is 0 Å². The average molecular weight is 278 g/mol. The first-order chi connectivity index (χ1) is 8.81. The molecule has 94 valence electrons. The molecule has 6 heteroatoms. The van der Waals surface area contributed by atoms with Gasteiger partial charge in [0.25, 0.3) is 0 Å². The first kappa shape index (κ1) is 13.2. The van der Waals surface area contributed by atoms with Crippen molar-refractivity contribution in [2.75, 3.05) is 11.7 Å². The largest absolute Gasteiger partial charge is 0.308 e. The Morgan fingerprint density at radius 3 is 2.67 bits per heavy atom. The number of rotatable bonds is 5. The first-order valence-electron chi connectivity index (χ1n) is 5.38. The summed E-state index contributed by atoms with van der Waals surface area (Å²) in [6.45, 7) is 0. The van der Waals surface area contributed by atoms with Crippen LogP contribution in [-0.4, -0.2) is 16.2 Å². The lowest BCUT2D eigenvalue weighted by atomic mass is 10.2. The quantitative estimate of drug-likeness (QED) is 0.288. The Bertz CT molecular complexity index is 482. The van der Waals surface area contributed by atoms with E-state index in [1.807, 2.05) is 30.5 Å². The van der Waals surface area contributed by atoms with Crippen LogP contribution in [-0.2, 0) is 5.75 Å². The number of hydrogen-bond donors (Lipinski definition) is 2. The number of nitrogens with one attached hydrogen (secondary N) is 1. The molecule has 0 radical (unpaired) electrons. The van der Waals surface area contributed by atoms with E-state index in [2.05, 4.69) is 27.5 Å². The summed E-state index contributed by atoms with van der Waals surface area (Å²) >= 11 is 3.18. The minimum Gasteiger partial charge on any atom is -0.308 e. The monoisotopic (exact) mass is 278 g/mol. The fraction of sp³-hybridized carbons (Fsp3) is 0.167. The SMILES string of the molecule is CSc1cc(NN)nc(SCc2ccccc2)n1. The molecule has 2 rings (SSSR count). The molecule has 3 N–H and O–H groups in total. The average Bonchev–Trinajstić information content (AvgIpc) is 2.45. The van der Waals surface area contributed by atoms with E-state index in [4.69, 9.17) is 5.84 Å². The number of nitrogen functional groups attached to an aromatic ring is 1. The normalized spacial score (nSPS) is 10.3. The molecule has 0 saturated carbocycles. The molecule has 0 spiro atoms. The summed E-state index contributed by atoms with van der Waals surface area (Å²) in [6.07, 6.45) is 1.98. The fourth-order valence-corrected chi connectivity index (χ4v) is 2.65. The second kappa shape index (κ2) is 6.63. The van der Waals surface area contributed by atoms with Crippen LogP contribution in [0.2, 0.25) is 0 Å². The van der Waals surface area contributed by atoms with Crippen molar-refractivity contribution in [1.29, 1.82) is 0 Å². The van der Waals surface area contributed by atoms with Gasteiger partial charge < -0.3 is 5.43 Å². The summed E-state index contributed by atoms with van der Waals surface area (Å²) in [5.41, 5.74) is 3.82. The van der Waals surface area contributed by atoms with Crippen LogP contribution in [0.5, 0.6) is 0 Å². The number of anilines is 1. The van der Waals surface area contributed by atoms with Crippen LogP contribution in [0.1, 0.15) is 5.56 Å². The van der Waals surface area contributed by atoms with Crippen LogP contribution in [0.3, 0.4) is 0 Å². The zero-order valence-corrected chi connectivity index (χ0v) is 11.6. The zero-order chi connectivity index (χ0) is 12.8. The second-order valence-corrected chi connectivity index (χ2v) is 5.27.